The van der Waals surface area contributed by atoms with Gasteiger partial charge in [-0.15, -0.1) is 0 Å². The maximum absolute atomic E-state index is 9.97. The lowest BCUT2D eigenvalue weighted by Crippen LogP contribution is -2.10. The van der Waals surface area contributed by atoms with Gasteiger partial charge in [0.15, 0.2) is 5.75 Å². The molecule has 3 heterocycles. The number of nitrogens with two attached hydrogens (primary N) is 1. The summed E-state index contributed by atoms with van der Waals surface area (Å²) >= 11 is 0. The average Bonchev–Trinajstić information content (AvgIpc) is 3.28. The van der Waals surface area contributed by atoms with Crippen molar-refractivity contribution < 1.29 is 9.84 Å². The zero-order valence-corrected chi connectivity index (χ0v) is 16.7. The van der Waals surface area contributed by atoms with Crippen molar-refractivity contribution in [2.24, 2.45) is 5.73 Å². The lowest BCUT2D eigenvalue weighted by Gasteiger charge is -2.12. The molecule has 4 aromatic rings. The third-order valence-corrected chi connectivity index (χ3v) is 4.50. The van der Waals surface area contributed by atoms with E-state index in [0.29, 0.717) is 45.7 Å². The molecular weight excluding hydrogens is 394 g/mol. The Labute approximate surface area is 178 Å². The lowest BCUT2D eigenvalue weighted by atomic mass is 10.2. The molecular formula is C22H19N7O2. The molecule has 0 amide bonds. The van der Waals surface area contributed by atoms with Crippen molar-refractivity contribution in [3.05, 3.63) is 78.0 Å². The van der Waals surface area contributed by atoms with Gasteiger partial charge in [0, 0.05) is 36.6 Å². The number of ether oxygens (including phenoxy) is 1. The zero-order chi connectivity index (χ0) is 21.8. The highest BCUT2D eigenvalue weighted by molar-refractivity contribution is 5.57. The molecule has 9 heteroatoms. The number of nitrogens with zero attached hydrogens (tertiary/aromatic N) is 6. The Morgan fingerprint density at radius 2 is 2.06 bits per heavy atom. The van der Waals surface area contributed by atoms with Crippen LogP contribution in [0.5, 0.6) is 11.6 Å². The molecule has 0 saturated heterocycles. The molecule has 1 aromatic carbocycles. The first-order chi connectivity index (χ1) is 15.1. The van der Waals surface area contributed by atoms with Gasteiger partial charge in [-0.05, 0) is 31.2 Å². The second kappa shape index (κ2) is 8.71. The molecule has 0 saturated carbocycles. The van der Waals surface area contributed by atoms with Crippen LogP contribution in [0.2, 0.25) is 0 Å². The van der Waals surface area contributed by atoms with Gasteiger partial charge in [-0.25, -0.2) is 9.67 Å². The lowest BCUT2D eigenvalue weighted by molar-refractivity contribution is 0.186. The van der Waals surface area contributed by atoms with Gasteiger partial charge in [-0.3, -0.25) is 4.98 Å². The molecule has 0 aliphatic rings. The number of aryl methyl sites for hydroxylation is 1. The van der Waals surface area contributed by atoms with Crippen molar-refractivity contribution in [1.29, 1.82) is 5.26 Å². The molecule has 0 fully saturated rings. The molecule has 0 aliphatic heterocycles. The van der Waals surface area contributed by atoms with E-state index in [9.17, 15) is 10.4 Å². The Morgan fingerprint density at radius 1 is 1.19 bits per heavy atom. The summed E-state index contributed by atoms with van der Waals surface area (Å²) in [6, 6.07) is 14.3. The van der Waals surface area contributed by atoms with Gasteiger partial charge >= 0.3 is 0 Å². The summed E-state index contributed by atoms with van der Waals surface area (Å²) in [4.78, 5) is 13.1. The topological polar surface area (TPSA) is 136 Å². The van der Waals surface area contributed by atoms with Crippen LogP contribution in [0.15, 0.2) is 61.1 Å². The molecule has 0 bridgehead atoms. The van der Waals surface area contributed by atoms with Gasteiger partial charge in [0.2, 0.25) is 5.88 Å². The number of aliphatic hydroxyl groups excluding tert-OH is 1. The van der Waals surface area contributed by atoms with E-state index >= 15 is 0 Å². The largest absolute Gasteiger partial charge is 0.437 e. The Hall–Kier alpha value is -4.13. The van der Waals surface area contributed by atoms with Crippen LogP contribution in [0.25, 0.3) is 17.1 Å². The van der Waals surface area contributed by atoms with Crippen molar-refractivity contribution in [1.82, 2.24) is 24.7 Å². The summed E-state index contributed by atoms with van der Waals surface area (Å²) in [7, 11) is 0. The van der Waals surface area contributed by atoms with E-state index in [1.165, 1.54) is 6.20 Å². The molecule has 154 valence electrons. The first kappa shape index (κ1) is 20.2. The Balaban J connectivity index is 1.74. The minimum atomic E-state index is -0.818. The molecule has 0 radical (unpaired) electrons. The monoisotopic (exact) mass is 413 g/mol. The van der Waals surface area contributed by atoms with Crippen molar-refractivity contribution in [2.75, 3.05) is 6.54 Å². The van der Waals surface area contributed by atoms with Crippen molar-refractivity contribution in [3.8, 4) is 34.8 Å². The molecule has 3 aromatic heterocycles. The molecule has 1 unspecified atom stereocenters. The van der Waals surface area contributed by atoms with Gasteiger partial charge in [-0.2, -0.15) is 15.3 Å². The van der Waals surface area contributed by atoms with E-state index in [0.717, 1.165) is 0 Å². The van der Waals surface area contributed by atoms with Gasteiger partial charge in [-0.1, -0.05) is 6.07 Å². The third-order valence-electron chi connectivity index (χ3n) is 4.50. The van der Waals surface area contributed by atoms with Crippen molar-refractivity contribution >= 4 is 0 Å². The van der Waals surface area contributed by atoms with Gasteiger partial charge in [0.05, 0.1) is 35.3 Å². The fraction of sp³-hybridized carbons (Fsp3) is 0.136. The minimum Gasteiger partial charge on any atom is -0.437 e. The number of aromatic nitrogens is 5. The maximum atomic E-state index is 9.97. The summed E-state index contributed by atoms with van der Waals surface area (Å²) in [6.45, 7) is 1.85. The molecule has 4 rings (SSSR count). The van der Waals surface area contributed by atoms with Crippen LogP contribution in [0.3, 0.4) is 0 Å². The number of benzene rings is 1. The Morgan fingerprint density at radius 3 is 2.81 bits per heavy atom. The Bertz CT molecular complexity index is 1250. The van der Waals surface area contributed by atoms with Crippen LogP contribution in [0.4, 0.5) is 0 Å². The van der Waals surface area contributed by atoms with Crippen molar-refractivity contribution in [3.63, 3.8) is 0 Å². The summed E-state index contributed by atoms with van der Waals surface area (Å²) in [5, 5.41) is 23.6. The molecule has 31 heavy (non-hydrogen) atoms. The first-order valence-corrected chi connectivity index (χ1v) is 9.49. The predicted octanol–water partition coefficient (Wildman–Crippen LogP) is 2.69. The number of aliphatic hydroxyl groups is 1. The zero-order valence-electron chi connectivity index (χ0n) is 16.7. The SMILES string of the molecule is Cc1nc(Oc2cc(C#N)ccc2-n2cc(C(O)CN)cn2)cc(-c2ccccn2)n1. The smallest absolute Gasteiger partial charge is 0.223 e. The third kappa shape index (κ3) is 4.40. The molecule has 0 aliphatic carbocycles. The number of nitriles is 1. The number of hydrogen-bond acceptors (Lipinski definition) is 8. The summed E-state index contributed by atoms with van der Waals surface area (Å²) in [5.41, 5.74) is 8.41. The van der Waals surface area contributed by atoms with Crippen LogP contribution in [0.1, 0.15) is 23.1 Å². The average molecular weight is 413 g/mol. The second-order valence-corrected chi connectivity index (χ2v) is 6.72. The molecule has 9 nitrogen and oxygen atoms in total. The van der Waals surface area contributed by atoms with E-state index in [-0.39, 0.29) is 6.54 Å². The highest BCUT2D eigenvalue weighted by atomic mass is 16.5. The molecule has 3 N–H and O–H groups in total. The van der Waals surface area contributed by atoms with E-state index in [2.05, 4.69) is 26.1 Å². The summed E-state index contributed by atoms with van der Waals surface area (Å²) < 4.78 is 7.62. The standard InChI is InChI=1S/C22H19N7O2/c1-14-27-18(17-4-2-3-7-25-17)9-22(28-14)31-21-8-15(10-23)5-6-19(21)29-13-16(12-26-29)20(30)11-24/h2-9,12-13,20,30H,11,24H2,1H3. The minimum absolute atomic E-state index is 0.0823. The highest BCUT2D eigenvalue weighted by Gasteiger charge is 2.15. The summed E-state index contributed by atoms with van der Waals surface area (Å²) in [5.74, 6) is 1.20. The van der Waals surface area contributed by atoms with Crippen LogP contribution in [0, 0.1) is 18.3 Å². The normalized spacial score (nSPS) is 11.7. The van der Waals surface area contributed by atoms with Crippen LogP contribution < -0.4 is 10.5 Å². The summed E-state index contributed by atoms with van der Waals surface area (Å²) in [6.07, 6.45) is 4.07. The van der Waals surface area contributed by atoms with E-state index in [1.54, 1.807) is 48.3 Å². The highest BCUT2D eigenvalue weighted by Crippen LogP contribution is 2.30. The number of hydrogen-bond donors (Lipinski definition) is 2. The second-order valence-electron chi connectivity index (χ2n) is 6.72. The van der Waals surface area contributed by atoms with Crippen LogP contribution in [-0.4, -0.2) is 36.4 Å². The molecule has 1 atom stereocenters. The van der Waals surface area contributed by atoms with Crippen LogP contribution in [-0.2, 0) is 0 Å². The number of rotatable bonds is 6. The van der Waals surface area contributed by atoms with E-state index in [1.807, 2.05) is 18.2 Å². The van der Waals surface area contributed by atoms with Gasteiger partial charge in [0.1, 0.15) is 11.5 Å². The molecule has 0 spiro atoms. The Kier molecular flexibility index (Phi) is 5.66. The fourth-order valence-corrected chi connectivity index (χ4v) is 2.98. The van der Waals surface area contributed by atoms with Gasteiger partial charge in [0.25, 0.3) is 0 Å². The maximum Gasteiger partial charge on any atom is 0.223 e. The van der Waals surface area contributed by atoms with E-state index in [4.69, 9.17) is 10.5 Å². The van der Waals surface area contributed by atoms with Crippen LogP contribution >= 0.6 is 0 Å². The quantitative estimate of drug-likeness (QED) is 0.492. The van der Waals surface area contributed by atoms with Crippen molar-refractivity contribution in [2.45, 2.75) is 13.0 Å². The predicted molar refractivity (Wildman–Crippen MR) is 112 cm³/mol. The number of pyridine rings is 1. The first-order valence-electron chi connectivity index (χ1n) is 9.49. The fourth-order valence-electron chi connectivity index (χ4n) is 2.98. The van der Waals surface area contributed by atoms with Gasteiger partial charge < -0.3 is 15.6 Å². The van der Waals surface area contributed by atoms with E-state index < -0.39 is 6.10 Å².